The second-order valence-electron chi connectivity index (χ2n) is 5.36. The molecule has 3 rings (SSSR count). The first kappa shape index (κ1) is 18.3. The number of hydrogen-bond donors (Lipinski definition) is 1. The maximum Gasteiger partial charge on any atom is 0.341 e. The fourth-order valence-electron chi connectivity index (χ4n) is 2.34. The lowest BCUT2D eigenvalue weighted by atomic mass is 10.1. The average molecular weight is 391 g/mol. The van der Waals surface area contributed by atoms with Crippen LogP contribution >= 0.6 is 22.7 Å². The van der Waals surface area contributed by atoms with Crippen LogP contribution in [-0.2, 0) is 9.53 Å². The molecule has 0 aromatic carbocycles. The SMILES string of the molecule is CCOC(=O)c1c(NC(=O)COc2ncnc3sccc23)sc(C)c1C. The Labute approximate surface area is 158 Å². The van der Waals surface area contributed by atoms with Crippen LogP contribution < -0.4 is 10.1 Å². The lowest BCUT2D eigenvalue weighted by molar-refractivity contribution is -0.118. The van der Waals surface area contributed by atoms with Crippen LogP contribution in [0.15, 0.2) is 17.8 Å². The quantitative estimate of drug-likeness (QED) is 0.646. The molecule has 1 amide bonds. The summed E-state index contributed by atoms with van der Waals surface area (Å²) in [6, 6.07) is 1.85. The van der Waals surface area contributed by atoms with Crippen LogP contribution in [0.4, 0.5) is 5.00 Å². The third-order valence-electron chi connectivity index (χ3n) is 3.68. The molecule has 0 saturated heterocycles. The van der Waals surface area contributed by atoms with E-state index in [0.29, 0.717) is 16.4 Å². The van der Waals surface area contributed by atoms with Crippen molar-refractivity contribution in [3.8, 4) is 5.88 Å². The molecule has 3 aromatic rings. The molecule has 9 heteroatoms. The molecule has 1 N–H and O–H groups in total. The standard InChI is InChI=1S/C17H17N3O4S2/c1-4-23-17(22)13-9(2)10(3)26-16(13)20-12(21)7-24-14-11-5-6-25-15(11)19-8-18-14/h5-6,8H,4,7H2,1-3H3,(H,20,21). The minimum absolute atomic E-state index is 0.222. The largest absolute Gasteiger partial charge is 0.467 e. The molecule has 0 aliphatic carbocycles. The number of carbonyl (C=O) groups is 2. The summed E-state index contributed by atoms with van der Waals surface area (Å²) in [4.78, 5) is 34.4. The number of amides is 1. The number of aryl methyl sites for hydroxylation is 1. The van der Waals surface area contributed by atoms with Gasteiger partial charge in [-0.25, -0.2) is 14.8 Å². The van der Waals surface area contributed by atoms with Crippen LogP contribution in [0.25, 0.3) is 10.2 Å². The molecule has 136 valence electrons. The van der Waals surface area contributed by atoms with Crippen molar-refractivity contribution in [1.29, 1.82) is 0 Å². The number of ether oxygens (including phenoxy) is 2. The van der Waals surface area contributed by atoms with Gasteiger partial charge in [0.05, 0.1) is 17.6 Å². The normalized spacial score (nSPS) is 10.7. The van der Waals surface area contributed by atoms with Gasteiger partial charge < -0.3 is 14.8 Å². The predicted molar refractivity (Wildman–Crippen MR) is 101 cm³/mol. The van der Waals surface area contributed by atoms with E-state index in [-0.39, 0.29) is 19.1 Å². The van der Waals surface area contributed by atoms with Gasteiger partial charge in [-0.3, -0.25) is 4.79 Å². The van der Waals surface area contributed by atoms with E-state index in [4.69, 9.17) is 9.47 Å². The molecule has 26 heavy (non-hydrogen) atoms. The van der Waals surface area contributed by atoms with Gasteiger partial charge >= 0.3 is 5.97 Å². The Morgan fingerprint density at radius 3 is 2.85 bits per heavy atom. The number of aromatic nitrogens is 2. The molecule has 0 fully saturated rings. The van der Waals surface area contributed by atoms with Gasteiger partial charge in [-0.2, -0.15) is 0 Å². The highest BCUT2D eigenvalue weighted by atomic mass is 32.1. The zero-order chi connectivity index (χ0) is 18.7. The Kier molecular flexibility index (Phi) is 5.48. The molecule has 0 atom stereocenters. The van der Waals surface area contributed by atoms with Crippen molar-refractivity contribution in [3.63, 3.8) is 0 Å². The predicted octanol–water partition coefficient (Wildman–Crippen LogP) is 3.56. The molecule has 0 aliphatic rings. The molecule has 0 spiro atoms. The van der Waals surface area contributed by atoms with Gasteiger partial charge in [0.25, 0.3) is 5.91 Å². The Bertz CT molecular complexity index is 964. The zero-order valence-corrected chi connectivity index (χ0v) is 16.1. The number of anilines is 1. The summed E-state index contributed by atoms with van der Waals surface area (Å²) >= 11 is 2.81. The highest BCUT2D eigenvalue weighted by Gasteiger charge is 2.22. The van der Waals surface area contributed by atoms with Crippen molar-refractivity contribution in [2.24, 2.45) is 0 Å². The summed E-state index contributed by atoms with van der Waals surface area (Å²) in [5, 5.41) is 5.85. The maximum absolute atomic E-state index is 12.3. The molecule has 0 unspecified atom stereocenters. The maximum atomic E-state index is 12.3. The van der Waals surface area contributed by atoms with E-state index < -0.39 is 5.97 Å². The minimum atomic E-state index is -0.443. The number of hydrogen-bond acceptors (Lipinski definition) is 8. The molecule has 0 saturated carbocycles. The highest BCUT2D eigenvalue weighted by molar-refractivity contribution is 7.17. The number of thiophene rings is 2. The molecular formula is C17H17N3O4S2. The fraction of sp³-hybridized carbons (Fsp3) is 0.294. The average Bonchev–Trinajstić information content (AvgIpc) is 3.18. The lowest BCUT2D eigenvalue weighted by Crippen LogP contribution is -2.21. The van der Waals surface area contributed by atoms with Crippen LogP contribution in [0.3, 0.4) is 0 Å². The second kappa shape index (κ2) is 7.79. The summed E-state index contributed by atoms with van der Waals surface area (Å²) in [6.07, 6.45) is 1.40. The molecule has 3 aromatic heterocycles. The van der Waals surface area contributed by atoms with Gasteiger partial charge in [0.1, 0.15) is 16.2 Å². The smallest absolute Gasteiger partial charge is 0.341 e. The minimum Gasteiger partial charge on any atom is -0.467 e. The molecule has 0 aliphatic heterocycles. The number of carbonyl (C=O) groups excluding carboxylic acids is 2. The van der Waals surface area contributed by atoms with E-state index in [1.807, 2.05) is 25.3 Å². The second-order valence-corrected chi connectivity index (χ2v) is 7.48. The van der Waals surface area contributed by atoms with E-state index in [1.54, 1.807) is 6.92 Å². The number of esters is 1. The van der Waals surface area contributed by atoms with Crippen molar-refractivity contribution >= 4 is 49.8 Å². The van der Waals surface area contributed by atoms with Crippen molar-refractivity contribution < 1.29 is 19.1 Å². The fourth-order valence-corrected chi connectivity index (χ4v) is 4.13. The molecular weight excluding hydrogens is 374 g/mol. The van der Waals surface area contributed by atoms with Crippen LogP contribution in [0.5, 0.6) is 5.88 Å². The van der Waals surface area contributed by atoms with Gasteiger partial charge in [-0.15, -0.1) is 22.7 Å². The van der Waals surface area contributed by atoms with Crippen molar-refractivity contribution in [2.45, 2.75) is 20.8 Å². The molecule has 0 bridgehead atoms. The van der Waals surface area contributed by atoms with E-state index in [9.17, 15) is 9.59 Å². The van der Waals surface area contributed by atoms with Crippen LogP contribution in [0.2, 0.25) is 0 Å². The van der Waals surface area contributed by atoms with Gasteiger partial charge in [-0.05, 0) is 37.8 Å². The number of nitrogens with zero attached hydrogens (tertiary/aromatic N) is 2. The summed E-state index contributed by atoms with van der Waals surface area (Å²) in [6.45, 7) is 5.52. The van der Waals surface area contributed by atoms with Gasteiger partial charge in [0, 0.05) is 4.88 Å². The van der Waals surface area contributed by atoms with Crippen molar-refractivity contribution in [2.75, 3.05) is 18.5 Å². The summed E-state index contributed by atoms with van der Waals surface area (Å²) in [5.41, 5.74) is 1.20. The van der Waals surface area contributed by atoms with Crippen molar-refractivity contribution in [3.05, 3.63) is 33.8 Å². The Balaban J connectivity index is 1.71. The van der Waals surface area contributed by atoms with E-state index >= 15 is 0 Å². The number of nitrogens with one attached hydrogen (secondary N) is 1. The van der Waals surface area contributed by atoms with Crippen LogP contribution in [0, 0.1) is 13.8 Å². The van der Waals surface area contributed by atoms with Crippen LogP contribution in [-0.4, -0.2) is 35.1 Å². The third kappa shape index (κ3) is 3.68. The Hall–Kier alpha value is -2.52. The van der Waals surface area contributed by atoms with Crippen molar-refractivity contribution in [1.82, 2.24) is 9.97 Å². The third-order valence-corrected chi connectivity index (χ3v) is 5.63. The Morgan fingerprint density at radius 2 is 2.08 bits per heavy atom. The number of rotatable bonds is 6. The van der Waals surface area contributed by atoms with Gasteiger partial charge in [0.15, 0.2) is 6.61 Å². The summed E-state index contributed by atoms with van der Waals surface area (Å²) in [5.74, 6) is -0.462. The first-order chi connectivity index (χ1) is 12.5. The first-order valence-corrected chi connectivity index (χ1v) is 9.58. The number of fused-ring (bicyclic) bond motifs is 1. The van der Waals surface area contributed by atoms with Crippen LogP contribution in [0.1, 0.15) is 27.7 Å². The summed E-state index contributed by atoms with van der Waals surface area (Å²) < 4.78 is 10.6. The van der Waals surface area contributed by atoms with Gasteiger partial charge in [0.2, 0.25) is 5.88 Å². The van der Waals surface area contributed by atoms with E-state index in [1.165, 1.54) is 29.0 Å². The zero-order valence-electron chi connectivity index (χ0n) is 14.5. The molecule has 3 heterocycles. The lowest BCUT2D eigenvalue weighted by Gasteiger charge is -2.08. The van der Waals surface area contributed by atoms with E-state index in [2.05, 4.69) is 15.3 Å². The topological polar surface area (TPSA) is 90.4 Å². The first-order valence-electron chi connectivity index (χ1n) is 7.89. The Morgan fingerprint density at radius 1 is 1.27 bits per heavy atom. The highest BCUT2D eigenvalue weighted by Crippen LogP contribution is 2.33. The monoisotopic (exact) mass is 391 g/mol. The van der Waals surface area contributed by atoms with Gasteiger partial charge in [-0.1, -0.05) is 0 Å². The molecule has 7 nitrogen and oxygen atoms in total. The summed E-state index contributed by atoms with van der Waals surface area (Å²) in [7, 11) is 0. The molecule has 0 radical (unpaired) electrons. The van der Waals surface area contributed by atoms with E-state index in [0.717, 1.165) is 20.7 Å².